The Labute approximate surface area is 221 Å². The third kappa shape index (κ3) is 3.16. The van der Waals surface area contributed by atoms with E-state index in [1.165, 1.54) is 0 Å². The summed E-state index contributed by atoms with van der Waals surface area (Å²) in [4.78, 5) is 11.9. The first-order chi connectivity index (χ1) is 14.9. The van der Waals surface area contributed by atoms with Crippen molar-refractivity contribution < 1.29 is 24.5 Å². The van der Waals surface area contributed by atoms with Gasteiger partial charge in [0.25, 0.3) is 5.79 Å². The lowest BCUT2D eigenvalue weighted by molar-refractivity contribution is -0.312. The van der Waals surface area contributed by atoms with Crippen LogP contribution in [0.2, 0.25) is 40.2 Å². The molecule has 2 aliphatic rings. The van der Waals surface area contributed by atoms with Crippen molar-refractivity contribution in [3.8, 4) is 11.5 Å². The van der Waals surface area contributed by atoms with E-state index in [1.807, 2.05) is 0 Å². The Bertz CT molecular complexity index is 1050. The molecule has 172 valence electrons. The van der Waals surface area contributed by atoms with Gasteiger partial charge in [-0.1, -0.05) is 99.2 Å². The third-order valence-corrected chi connectivity index (χ3v) is 9.16. The van der Waals surface area contributed by atoms with Gasteiger partial charge >= 0.3 is 6.16 Å². The molecule has 2 aromatic rings. The SMILES string of the molecule is O=C1OC2(CCCCC2(c2c(Cl)c(Cl)c(O)c(Cl)c2Cl)c2c(Cl)c(Cl)c(O)c(Cl)c2Cl)O1. The molecule has 32 heavy (non-hydrogen) atoms. The Morgan fingerprint density at radius 3 is 1.28 bits per heavy atom. The van der Waals surface area contributed by atoms with E-state index in [-0.39, 0.29) is 64.1 Å². The first kappa shape index (κ1) is 24.7. The Kier molecular flexibility index (Phi) is 6.48. The van der Waals surface area contributed by atoms with Crippen LogP contribution in [0.15, 0.2) is 0 Å². The van der Waals surface area contributed by atoms with Crippen LogP contribution in [0.5, 0.6) is 11.5 Å². The molecule has 1 aliphatic carbocycles. The second kappa shape index (κ2) is 8.39. The fourth-order valence-corrected chi connectivity index (χ4v) is 6.78. The van der Waals surface area contributed by atoms with Crippen LogP contribution in [-0.4, -0.2) is 22.2 Å². The second-order valence-electron chi connectivity index (χ2n) is 7.28. The number of rotatable bonds is 2. The summed E-state index contributed by atoms with van der Waals surface area (Å²) in [6.45, 7) is 0. The number of phenols is 2. The Morgan fingerprint density at radius 1 is 0.594 bits per heavy atom. The fraction of sp³-hybridized carbons (Fsp3) is 0.316. The molecule has 0 radical (unpaired) electrons. The molecule has 2 N–H and O–H groups in total. The summed E-state index contributed by atoms with van der Waals surface area (Å²) < 4.78 is 11.1. The lowest BCUT2D eigenvalue weighted by atomic mass is 9.60. The highest BCUT2D eigenvalue weighted by Crippen LogP contribution is 2.65. The van der Waals surface area contributed by atoms with Gasteiger partial charge in [-0.2, -0.15) is 0 Å². The van der Waals surface area contributed by atoms with Crippen LogP contribution in [0.1, 0.15) is 36.8 Å². The van der Waals surface area contributed by atoms with Crippen LogP contribution >= 0.6 is 92.8 Å². The minimum absolute atomic E-state index is 0.0439. The Balaban J connectivity index is 2.23. The van der Waals surface area contributed by atoms with Gasteiger partial charge in [-0.3, -0.25) is 0 Å². The number of hydrogen-bond donors (Lipinski definition) is 2. The third-order valence-electron chi connectivity index (χ3n) is 5.79. The van der Waals surface area contributed by atoms with Crippen molar-refractivity contribution in [2.45, 2.75) is 36.9 Å². The van der Waals surface area contributed by atoms with E-state index in [2.05, 4.69) is 0 Å². The largest absolute Gasteiger partial charge is 0.515 e. The zero-order chi connectivity index (χ0) is 23.7. The molecule has 0 amide bonds. The van der Waals surface area contributed by atoms with Crippen molar-refractivity contribution in [2.75, 3.05) is 0 Å². The quantitative estimate of drug-likeness (QED) is 0.265. The predicted octanol–water partition coefficient (Wildman–Crippen LogP) is 9.05. The standard InChI is InChI=1S/C19H10Cl8O5/c20-7-5(8(21)12(25)15(28)11(7)24)18(3-1-2-4-19(18)31-17(30)32-19)6-9(22)13(26)16(29)14(27)10(6)23/h28-29H,1-4H2. The summed E-state index contributed by atoms with van der Waals surface area (Å²) in [5.41, 5.74) is -1.52. The zero-order valence-electron chi connectivity index (χ0n) is 15.5. The average molecular weight is 602 g/mol. The van der Waals surface area contributed by atoms with E-state index < -0.39 is 28.9 Å². The first-order valence-electron chi connectivity index (χ1n) is 8.94. The highest BCUT2D eigenvalue weighted by molar-refractivity contribution is 6.51. The molecule has 13 heteroatoms. The maximum Gasteiger partial charge on any atom is 0.515 e. The van der Waals surface area contributed by atoms with Crippen molar-refractivity contribution in [1.29, 1.82) is 0 Å². The molecule has 4 rings (SSSR count). The lowest BCUT2D eigenvalue weighted by Gasteiger charge is -2.56. The summed E-state index contributed by atoms with van der Waals surface area (Å²) in [5, 5.41) is 18.5. The van der Waals surface area contributed by atoms with Gasteiger partial charge in [0.15, 0.2) is 11.5 Å². The molecular weight excluding hydrogens is 592 g/mol. The van der Waals surface area contributed by atoms with Gasteiger partial charge in [-0.15, -0.1) is 0 Å². The van der Waals surface area contributed by atoms with Crippen molar-refractivity contribution in [2.24, 2.45) is 0 Å². The molecule has 1 heterocycles. The van der Waals surface area contributed by atoms with E-state index in [0.29, 0.717) is 12.8 Å². The minimum Gasteiger partial charge on any atom is -0.505 e. The summed E-state index contributed by atoms with van der Waals surface area (Å²) in [6, 6.07) is 0. The van der Waals surface area contributed by atoms with Crippen molar-refractivity contribution >= 4 is 99.0 Å². The molecule has 5 nitrogen and oxygen atoms in total. The molecule has 0 unspecified atom stereocenters. The molecule has 1 saturated heterocycles. The van der Waals surface area contributed by atoms with Crippen LogP contribution in [0, 0.1) is 0 Å². The molecule has 0 atom stereocenters. The monoisotopic (exact) mass is 598 g/mol. The molecule has 2 aromatic carbocycles. The number of halogens is 8. The number of carbonyl (C=O) groups is 1. The molecule has 1 spiro atoms. The molecule has 2 fully saturated rings. The van der Waals surface area contributed by atoms with E-state index >= 15 is 0 Å². The maximum absolute atomic E-state index is 11.9. The second-order valence-corrected chi connectivity index (χ2v) is 10.3. The molecule has 1 saturated carbocycles. The number of aromatic hydroxyl groups is 2. The van der Waals surface area contributed by atoms with Gasteiger partial charge in [0.2, 0.25) is 0 Å². The topological polar surface area (TPSA) is 76.0 Å². The van der Waals surface area contributed by atoms with Gasteiger partial charge in [-0.05, 0) is 12.8 Å². The first-order valence-corrected chi connectivity index (χ1v) is 12.0. The van der Waals surface area contributed by atoms with Gasteiger partial charge in [0.1, 0.15) is 25.5 Å². The Morgan fingerprint density at radius 2 is 0.938 bits per heavy atom. The minimum atomic E-state index is -1.67. The van der Waals surface area contributed by atoms with E-state index in [9.17, 15) is 15.0 Å². The van der Waals surface area contributed by atoms with Crippen LogP contribution in [-0.2, 0) is 14.9 Å². The predicted molar refractivity (Wildman–Crippen MR) is 126 cm³/mol. The van der Waals surface area contributed by atoms with Crippen molar-refractivity contribution in [1.82, 2.24) is 0 Å². The van der Waals surface area contributed by atoms with Crippen LogP contribution in [0.3, 0.4) is 0 Å². The summed E-state index contributed by atoms with van der Waals surface area (Å²) in [7, 11) is 0. The van der Waals surface area contributed by atoms with Crippen molar-refractivity contribution in [3.63, 3.8) is 0 Å². The average Bonchev–Trinajstić information content (AvgIpc) is 2.74. The summed E-state index contributed by atoms with van der Waals surface area (Å²) >= 11 is 51.3. The highest BCUT2D eigenvalue weighted by atomic mass is 35.5. The van der Waals surface area contributed by atoms with E-state index in [4.69, 9.17) is 102 Å². The summed E-state index contributed by atoms with van der Waals surface area (Å²) in [6.07, 6.45) is 0.577. The fourth-order valence-electron chi connectivity index (χ4n) is 4.45. The zero-order valence-corrected chi connectivity index (χ0v) is 21.5. The summed E-state index contributed by atoms with van der Waals surface area (Å²) in [5.74, 6) is -2.76. The Hall–Kier alpha value is -0.370. The molecule has 1 aliphatic heterocycles. The van der Waals surface area contributed by atoms with E-state index in [1.54, 1.807) is 0 Å². The van der Waals surface area contributed by atoms with Crippen molar-refractivity contribution in [3.05, 3.63) is 51.3 Å². The number of carbonyl (C=O) groups excluding carboxylic acids is 1. The number of hydrogen-bond acceptors (Lipinski definition) is 5. The van der Waals surface area contributed by atoms with Gasteiger partial charge in [-0.25, -0.2) is 4.79 Å². The van der Waals surface area contributed by atoms with Gasteiger partial charge in [0.05, 0.1) is 20.1 Å². The smallest absolute Gasteiger partial charge is 0.505 e. The van der Waals surface area contributed by atoms with Crippen LogP contribution in [0.25, 0.3) is 0 Å². The number of benzene rings is 2. The number of ether oxygens (including phenoxy) is 2. The molecule has 0 bridgehead atoms. The van der Waals surface area contributed by atoms with Gasteiger partial charge in [0, 0.05) is 17.5 Å². The highest BCUT2D eigenvalue weighted by Gasteiger charge is 2.69. The molecular formula is C19H10Cl8O5. The molecule has 0 aromatic heterocycles. The normalized spacial score (nSPS) is 18.8. The van der Waals surface area contributed by atoms with E-state index in [0.717, 1.165) is 0 Å². The van der Waals surface area contributed by atoms with Crippen LogP contribution in [0.4, 0.5) is 4.79 Å². The number of phenolic OH excluding ortho intramolecular Hbond substituents is 2. The maximum atomic E-state index is 11.9. The van der Waals surface area contributed by atoms with Gasteiger partial charge < -0.3 is 19.7 Å². The lowest BCUT2D eigenvalue weighted by Crippen LogP contribution is -2.66. The van der Waals surface area contributed by atoms with Crippen LogP contribution < -0.4 is 0 Å².